The molecule has 0 spiro atoms. The standard InChI is InChI=1S/C19H19N3O4/c23-15-8-13(9-20-10-15)18(25)22-7-6-19(14-4-2-1-3-5-14)16(11-22)26-12-17(24)21-19/h1-5,8-10,16,23H,6-7,11-12H2,(H,21,24)/t16-,19+/m1/s1. The van der Waals surface area contributed by atoms with Crippen LogP contribution < -0.4 is 5.32 Å². The minimum atomic E-state index is -0.634. The van der Waals surface area contributed by atoms with E-state index in [1.807, 2.05) is 30.3 Å². The minimum Gasteiger partial charge on any atom is -0.506 e. The Hall–Kier alpha value is -2.93. The van der Waals surface area contributed by atoms with Gasteiger partial charge >= 0.3 is 0 Å². The smallest absolute Gasteiger partial charge is 0.255 e. The normalized spacial score (nSPS) is 25.3. The van der Waals surface area contributed by atoms with Crippen LogP contribution in [0.2, 0.25) is 0 Å². The summed E-state index contributed by atoms with van der Waals surface area (Å²) in [6.07, 6.45) is 2.93. The highest BCUT2D eigenvalue weighted by Crippen LogP contribution is 2.37. The summed E-state index contributed by atoms with van der Waals surface area (Å²) in [7, 11) is 0. The number of carbonyl (C=O) groups is 2. The summed E-state index contributed by atoms with van der Waals surface area (Å²) in [4.78, 5) is 30.3. The summed E-state index contributed by atoms with van der Waals surface area (Å²) in [5.74, 6) is -0.412. The molecular weight excluding hydrogens is 334 g/mol. The van der Waals surface area contributed by atoms with Crippen LogP contribution in [0.3, 0.4) is 0 Å². The average molecular weight is 353 g/mol. The molecular formula is C19H19N3O4. The molecule has 134 valence electrons. The van der Waals surface area contributed by atoms with Crippen molar-refractivity contribution in [1.29, 1.82) is 0 Å². The van der Waals surface area contributed by atoms with Gasteiger partial charge < -0.3 is 20.1 Å². The summed E-state index contributed by atoms with van der Waals surface area (Å²) < 4.78 is 5.82. The van der Waals surface area contributed by atoms with Crippen molar-refractivity contribution < 1.29 is 19.4 Å². The van der Waals surface area contributed by atoms with Crippen LogP contribution in [0, 0.1) is 0 Å². The Morgan fingerprint density at radius 3 is 2.88 bits per heavy atom. The SMILES string of the molecule is O=C1CO[C@@H]2CN(C(=O)c3cncc(O)c3)CC[C@@]2(c2ccccc2)N1. The number of nitrogens with zero attached hydrogens (tertiary/aromatic N) is 2. The molecule has 1 aromatic heterocycles. The maximum Gasteiger partial charge on any atom is 0.255 e. The Balaban J connectivity index is 1.61. The fourth-order valence-electron chi connectivity index (χ4n) is 3.77. The maximum atomic E-state index is 12.8. The number of fused-ring (bicyclic) bond motifs is 1. The molecule has 2 saturated heterocycles. The lowest BCUT2D eigenvalue weighted by Gasteiger charge is -2.50. The first-order valence-electron chi connectivity index (χ1n) is 8.50. The molecule has 2 aliphatic rings. The monoisotopic (exact) mass is 353 g/mol. The third-order valence-corrected chi connectivity index (χ3v) is 5.04. The van der Waals surface area contributed by atoms with Crippen LogP contribution in [0.15, 0.2) is 48.8 Å². The Kier molecular flexibility index (Phi) is 4.08. The van der Waals surface area contributed by atoms with Gasteiger partial charge in [0.25, 0.3) is 5.91 Å². The van der Waals surface area contributed by atoms with Crippen molar-refractivity contribution in [1.82, 2.24) is 15.2 Å². The number of carbonyl (C=O) groups excluding carboxylic acids is 2. The third-order valence-electron chi connectivity index (χ3n) is 5.04. The van der Waals surface area contributed by atoms with E-state index >= 15 is 0 Å². The Morgan fingerprint density at radius 2 is 2.12 bits per heavy atom. The molecule has 0 radical (unpaired) electrons. The first-order valence-corrected chi connectivity index (χ1v) is 8.50. The third kappa shape index (κ3) is 2.80. The van der Waals surface area contributed by atoms with Crippen LogP contribution in [0.1, 0.15) is 22.3 Å². The van der Waals surface area contributed by atoms with Crippen molar-refractivity contribution in [2.75, 3.05) is 19.7 Å². The van der Waals surface area contributed by atoms with Crippen LogP contribution in [0.5, 0.6) is 5.75 Å². The number of piperidine rings is 1. The fraction of sp³-hybridized carbons (Fsp3) is 0.316. The lowest BCUT2D eigenvalue weighted by atomic mass is 9.77. The summed E-state index contributed by atoms with van der Waals surface area (Å²) in [6.45, 7) is 0.794. The average Bonchev–Trinajstić information content (AvgIpc) is 2.67. The highest BCUT2D eigenvalue weighted by molar-refractivity contribution is 5.94. The Bertz CT molecular complexity index is 842. The second-order valence-electron chi connectivity index (χ2n) is 6.62. The van der Waals surface area contributed by atoms with Gasteiger partial charge in [-0.05, 0) is 18.1 Å². The van der Waals surface area contributed by atoms with E-state index in [4.69, 9.17) is 4.74 Å². The molecule has 2 atom stereocenters. The van der Waals surface area contributed by atoms with E-state index in [-0.39, 0.29) is 30.3 Å². The second kappa shape index (κ2) is 6.42. The van der Waals surface area contributed by atoms with Gasteiger partial charge in [0.15, 0.2) is 0 Å². The summed E-state index contributed by atoms with van der Waals surface area (Å²) in [5.41, 5.74) is 0.672. The van der Waals surface area contributed by atoms with Gasteiger partial charge in [-0.3, -0.25) is 14.6 Å². The van der Waals surface area contributed by atoms with Crippen LogP contribution in [0.4, 0.5) is 0 Å². The van der Waals surface area contributed by atoms with E-state index in [9.17, 15) is 14.7 Å². The van der Waals surface area contributed by atoms with Crippen LogP contribution in [0.25, 0.3) is 0 Å². The van der Waals surface area contributed by atoms with E-state index in [1.54, 1.807) is 4.90 Å². The molecule has 2 N–H and O–H groups in total. The first kappa shape index (κ1) is 16.5. The number of aromatic hydroxyl groups is 1. The van der Waals surface area contributed by atoms with Crippen molar-refractivity contribution in [2.24, 2.45) is 0 Å². The van der Waals surface area contributed by atoms with Gasteiger partial charge in [0.2, 0.25) is 5.91 Å². The first-order chi connectivity index (χ1) is 12.6. The molecule has 0 bridgehead atoms. The van der Waals surface area contributed by atoms with Gasteiger partial charge in [0.05, 0.1) is 17.3 Å². The number of amides is 2. The molecule has 2 amide bonds. The van der Waals surface area contributed by atoms with Crippen molar-refractivity contribution >= 4 is 11.8 Å². The molecule has 0 saturated carbocycles. The van der Waals surface area contributed by atoms with Gasteiger partial charge in [0, 0.05) is 19.3 Å². The number of nitrogens with one attached hydrogen (secondary N) is 1. The zero-order valence-electron chi connectivity index (χ0n) is 14.1. The highest BCUT2D eigenvalue weighted by Gasteiger charge is 2.49. The van der Waals surface area contributed by atoms with E-state index in [1.165, 1.54) is 18.5 Å². The van der Waals surface area contributed by atoms with Crippen molar-refractivity contribution in [3.05, 3.63) is 59.9 Å². The maximum absolute atomic E-state index is 12.8. The van der Waals surface area contributed by atoms with Gasteiger partial charge in [-0.15, -0.1) is 0 Å². The van der Waals surface area contributed by atoms with Crippen LogP contribution in [-0.2, 0) is 15.1 Å². The fourth-order valence-corrected chi connectivity index (χ4v) is 3.77. The molecule has 0 unspecified atom stereocenters. The molecule has 1 aromatic carbocycles. The zero-order chi connectivity index (χ0) is 18.1. The Morgan fingerprint density at radius 1 is 1.31 bits per heavy atom. The summed E-state index contributed by atoms with van der Waals surface area (Å²) in [5, 5.41) is 12.7. The van der Waals surface area contributed by atoms with Crippen LogP contribution >= 0.6 is 0 Å². The molecule has 7 heteroatoms. The van der Waals surface area contributed by atoms with Gasteiger partial charge in [-0.25, -0.2) is 0 Å². The predicted octanol–water partition coefficient (Wildman–Crippen LogP) is 1.04. The number of likely N-dealkylation sites (tertiary alicyclic amines) is 1. The number of ether oxygens (including phenoxy) is 1. The molecule has 7 nitrogen and oxygen atoms in total. The second-order valence-corrected chi connectivity index (χ2v) is 6.62. The quantitative estimate of drug-likeness (QED) is 0.842. The predicted molar refractivity (Wildman–Crippen MR) is 92.4 cm³/mol. The van der Waals surface area contributed by atoms with E-state index < -0.39 is 5.54 Å². The number of pyridine rings is 1. The highest BCUT2D eigenvalue weighted by atomic mass is 16.5. The zero-order valence-corrected chi connectivity index (χ0v) is 14.1. The van der Waals surface area contributed by atoms with Crippen molar-refractivity contribution in [3.63, 3.8) is 0 Å². The molecule has 2 fully saturated rings. The van der Waals surface area contributed by atoms with Gasteiger partial charge in [-0.2, -0.15) is 0 Å². The minimum absolute atomic E-state index is 0.0189. The number of rotatable bonds is 2. The largest absolute Gasteiger partial charge is 0.506 e. The van der Waals surface area contributed by atoms with E-state index in [2.05, 4.69) is 10.3 Å². The Labute approximate surface area is 150 Å². The van der Waals surface area contributed by atoms with Gasteiger partial charge in [-0.1, -0.05) is 30.3 Å². The van der Waals surface area contributed by atoms with Gasteiger partial charge in [0.1, 0.15) is 18.5 Å². The number of benzene rings is 1. The van der Waals surface area contributed by atoms with E-state index in [0.717, 1.165) is 5.56 Å². The summed E-state index contributed by atoms with van der Waals surface area (Å²) >= 11 is 0. The van der Waals surface area contributed by atoms with Crippen LogP contribution in [-0.4, -0.2) is 52.6 Å². The number of morpholine rings is 1. The topological polar surface area (TPSA) is 91.8 Å². The molecule has 2 aromatic rings. The van der Waals surface area contributed by atoms with Crippen molar-refractivity contribution in [3.8, 4) is 5.75 Å². The molecule has 4 rings (SSSR count). The summed E-state index contributed by atoms with van der Waals surface area (Å²) in [6, 6.07) is 11.1. The van der Waals surface area contributed by atoms with Crippen molar-refractivity contribution in [2.45, 2.75) is 18.1 Å². The number of aromatic nitrogens is 1. The lowest BCUT2D eigenvalue weighted by Crippen LogP contribution is -2.67. The molecule has 26 heavy (non-hydrogen) atoms. The molecule has 2 aliphatic heterocycles. The number of hydrogen-bond donors (Lipinski definition) is 2. The number of hydrogen-bond acceptors (Lipinski definition) is 5. The molecule has 0 aliphatic carbocycles. The lowest BCUT2D eigenvalue weighted by molar-refractivity contribution is -0.150. The molecule has 3 heterocycles. The van der Waals surface area contributed by atoms with E-state index in [0.29, 0.717) is 25.1 Å².